The molecule has 2 aromatic heterocycles. The van der Waals surface area contributed by atoms with Crippen LogP contribution in [0.5, 0.6) is 0 Å². The van der Waals surface area contributed by atoms with Crippen LogP contribution >= 0.6 is 11.3 Å². The van der Waals surface area contributed by atoms with E-state index in [1.165, 1.54) is 17.6 Å². The predicted molar refractivity (Wildman–Crippen MR) is 87.0 cm³/mol. The van der Waals surface area contributed by atoms with Gasteiger partial charge in [-0.15, -0.1) is 11.3 Å². The lowest BCUT2D eigenvalue weighted by molar-refractivity contribution is -0.0122. The van der Waals surface area contributed by atoms with Gasteiger partial charge in [-0.05, 0) is 37.6 Å². The summed E-state index contributed by atoms with van der Waals surface area (Å²) >= 11 is 1.28. The molecule has 0 aromatic carbocycles. The van der Waals surface area contributed by atoms with Gasteiger partial charge in [0.05, 0.1) is 28.9 Å². The molecule has 1 atom stereocenters. The number of morpholine rings is 1. The maximum absolute atomic E-state index is 12.6. The van der Waals surface area contributed by atoms with Gasteiger partial charge in [0.1, 0.15) is 0 Å². The van der Waals surface area contributed by atoms with E-state index < -0.39 is 0 Å². The molecule has 2 aromatic rings. The third-order valence-corrected chi connectivity index (χ3v) is 4.76. The van der Waals surface area contributed by atoms with Gasteiger partial charge in [0.2, 0.25) is 0 Å². The number of thiophene rings is 1. The number of hydrogen-bond acceptors (Lipinski definition) is 5. The molecule has 1 unspecified atom stereocenters. The number of nitrogens with zero attached hydrogens (tertiary/aromatic N) is 1. The number of carbonyl (C=O) groups excluding carboxylic acids is 2. The average Bonchev–Trinajstić information content (AvgIpc) is 3.16. The van der Waals surface area contributed by atoms with E-state index in [-0.39, 0.29) is 23.7 Å². The van der Waals surface area contributed by atoms with Crippen LogP contribution in [-0.4, -0.2) is 42.5 Å². The van der Waals surface area contributed by atoms with Gasteiger partial charge in [0.15, 0.2) is 5.76 Å². The molecular weight excluding hydrogens is 316 g/mol. The zero-order valence-corrected chi connectivity index (χ0v) is 13.8. The minimum Gasteiger partial charge on any atom is -0.459 e. The Bertz CT molecular complexity index is 708. The molecule has 3 heterocycles. The molecule has 1 fully saturated rings. The minimum atomic E-state index is -0.324. The summed E-state index contributed by atoms with van der Waals surface area (Å²) in [6, 6.07) is 5.06. The summed E-state index contributed by atoms with van der Waals surface area (Å²) in [6.07, 6.45) is 1.49. The smallest absolute Gasteiger partial charge is 0.291 e. The van der Waals surface area contributed by atoms with Crippen molar-refractivity contribution in [3.8, 4) is 0 Å². The first-order valence-corrected chi connectivity index (χ1v) is 8.22. The molecule has 122 valence electrons. The molecule has 2 amide bonds. The average molecular weight is 334 g/mol. The van der Waals surface area contributed by atoms with E-state index in [1.807, 2.05) is 19.9 Å². The van der Waals surface area contributed by atoms with Crippen molar-refractivity contribution in [3.63, 3.8) is 0 Å². The Morgan fingerprint density at radius 1 is 1.43 bits per heavy atom. The number of hydrogen-bond donors (Lipinski definition) is 1. The zero-order chi connectivity index (χ0) is 16.4. The van der Waals surface area contributed by atoms with Crippen molar-refractivity contribution in [3.05, 3.63) is 40.7 Å². The monoisotopic (exact) mass is 334 g/mol. The summed E-state index contributed by atoms with van der Waals surface area (Å²) in [6.45, 7) is 5.56. The fraction of sp³-hybridized carbons (Fsp3) is 0.375. The normalized spacial score (nSPS) is 18.0. The van der Waals surface area contributed by atoms with Gasteiger partial charge < -0.3 is 19.4 Å². The van der Waals surface area contributed by atoms with Crippen molar-refractivity contribution in [1.82, 2.24) is 4.90 Å². The summed E-state index contributed by atoms with van der Waals surface area (Å²) in [5.74, 6) is -0.0951. The van der Waals surface area contributed by atoms with Crippen LogP contribution in [0.25, 0.3) is 0 Å². The van der Waals surface area contributed by atoms with Crippen LogP contribution in [0.15, 0.2) is 28.9 Å². The third kappa shape index (κ3) is 3.46. The van der Waals surface area contributed by atoms with Gasteiger partial charge in [-0.2, -0.15) is 0 Å². The number of furan rings is 1. The minimum absolute atomic E-state index is 0.0128. The number of ether oxygens (including phenoxy) is 1. The summed E-state index contributed by atoms with van der Waals surface area (Å²) in [5.41, 5.74) is 0.855. The summed E-state index contributed by atoms with van der Waals surface area (Å²) in [7, 11) is 0. The molecule has 1 saturated heterocycles. The first-order chi connectivity index (χ1) is 11.0. The van der Waals surface area contributed by atoms with Crippen LogP contribution < -0.4 is 5.32 Å². The Balaban J connectivity index is 1.73. The van der Waals surface area contributed by atoms with Crippen molar-refractivity contribution < 1.29 is 18.7 Å². The first-order valence-electron chi connectivity index (χ1n) is 7.41. The van der Waals surface area contributed by atoms with Crippen LogP contribution in [0.2, 0.25) is 0 Å². The van der Waals surface area contributed by atoms with E-state index in [0.717, 1.165) is 5.56 Å². The van der Waals surface area contributed by atoms with Crippen LogP contribution in [0.1, 0.15) is 32.7 Å². The van der Waals surface area contributed by atoms with Crippen molar-refractivity contribution in [1.29, 1.82) is 0 Å². The highest BCUT2D eigenvalue weighted by molar-refractivity contribution is 7.18. The fourth-order valence-electron chi connectivity index (χ4n) is 2.48. The molecule has 1 aliphatic rings. The maximum atomic E-state index is 12.6. The molecule has 0 radical (unpaired) electrons. The lowest BCUT2D eigenvalue weighted by atomic mass is 10.2. The highest BCUT2D eigenvalue weighted by Gasteiger charge is 2.25. The number of amides is 2. The van der Waals surface area contributed by atoms with E-state index in [2.05, 4.69) is 5.32 Å². The molecule has 23 heavy (non-hydrogen) atoms. The maximum Gasteiger partial charge on any atom is 0.291 e. The molecule has 7 heteroatoms. The summed E-state index contributed by atoms with van der Waals surface area (Å²) < 4.78 is 10.5. The van der Waals surface area contributed by atoms with E-state index >= 15 is 0 Å². The van der Waals surface area contributed by atoms with E-state index in [1.54, 1.807) is 17.0 Å². The Morgan fingerprint density at radius 2 is 2.26 bits per heavy atom. The van der Waals surface area contributed by atoms with Crippen LogP contribution in [-0.2, 0) is 4.74 Å². The Morgan fingerprint density at radius 3 is 2.96 bits per heavy atom. The second kappa shape index (κ2) is 6.55. The van der Waals surface area contributed by atoms with Gasteiger partial charge in [-0.3, -0.25) is 9.59 Å². The quantitative estimate of drug-likeness (QED) is 0.937. The molecule has 1 aliphatic heterocycles. The lowest BCUT2D eigenvalue weighted by Crippen LogP contribution is -2.44. The van der Waals surface area contributed by atoms with Crippen molar-refractivity contribution in [2.75, 3.05) is 25.0 Å². The van der Waals surface area contributed by atoms with Crippen LogP contribution in [0.3, 0.4) is 0 Å². The zero-order valence-electron chi connectivity index (χ0n) is 13.0. The number of aryl methyl sites for hydroxylation is 1. The highest BCUT2D eigenvalue weighted by Crippen LogP contribution is 2.28. The lowest BCUT2D eigenvalue weighted by Gasteiger charge is -2.31. The Labute approximate surface area is 138 Å². The number of anilines is 1. The van der Waals surface area contributed by atoms with Gasteiger partial charge in [-0.25, -0.2) is 0 Å². The van der Waals surface area contributed by atoms with Crippen molar-refractivity contribution >= 4 is 28.2 Å². The van der Waals surface area contributed by atoms with E-state index in [4.69, 9.17) is 9.15 Å². The van der Waals surface area contributed by atoms with Gasteiger partial charge in [0.25, 0.3) is 11.8 Å². The predicted octanol–water partition coefficient (Wildman–Crippen LogP) is 2.76. The Hall–Kier alpha value is -2.12. The second-order valence-corrected chi connectivity index (χ2v) is 6.54. The first kappa shape index (κ1) is 15.8. The molecular formula is C16H18N2O4S. The molecule has 0 bridgehead atoms. The Kier molecular flexibility index (Phi) is 4.49. The molecule has 0 spiro atoms. The van der Waals surface area contributed by atoms with Crippen molar-refractivity contribution in [2.24, 2.45) is 0 Å². The molecule has 6 nitrogen and oxygen atoms in total. The standard InChI is InChI=1S/C16H18N2O4S/c1-10-8-13(17-15(19)12-4-3-6-22-12)23-14(10)16(20)18-5-7-21-11(2)9-18/h3-4,6,8,11H,5,7,9H2,1-2H3,(H,17,19). The van der Waals surface area contributed by atoms with Crippen molar-refractivity contribution in [2.45, 2.75) is 20.0 Å². The second-order valence-electron chi connectivity index (χ2n) is 5.49. The van der Waals surface area contributed by atoms with E-state index in [0.29, 0.717) is 29.6 Å². The largest absolute Gasteiger partial charge is 0.459 e. The van der Waals surface area contributed by atoms with Gasteiger partial charge in [0, 0.05) is 13.1 Å². The van der Waals surface area contributed by atoms with Crippen LogP contribution in [0.4, 0.5) is 5.00 Å². The number of rotatable bonds is 3. The number of carbonyl (C=O) groups is 2. The molecule has 1 N–H and O–H groups in total. The molecule has 0 saturated carbocycles. The van der Waals surface area contributed by atoms with Gasteiger partial charge in [-0.1, -0.05) is 0 Å². The van der Waals surface area contributed by atoms with Crippen LogP contribution in [0, 0.1) is 6.92 Å². The SMILES string of the molecule is Cc1cc(NC(=O)c2ccco2)sc1C(=O)N1CCOC(C)C1. The third-order valence-electron chi connectivity index (χ3n) is 3.62. The topological polar surface area (TPSA) is 71.8 Å². The molecule has 3 rings (SSSR count). The van der Waals surface area contributed by atoms with E-state index in [9.17, 15) is 9.59 Å². The fourth-order valence-corrected chi connectivity index (χ4v) is 3.52. The number of nitrogens with one attached hydrogen (secondary N) is 1. The molecule has 0 aliphatic carbocycles. The summed E-state index contributed by atoms with van der Waals surface area (Å²) in [4.78, 5) is 27.1. The highest BCUT2D eigenvalue weighted by atomic mass is 32.1. The van der Waals surface area contributed by atoms with Gasteiger partial charge >= 0.3 is 0 Å². The summed E-state index contributed by atoms with van der Waals surface area (Å²) in [5, 5.41) is 3.40.